The first kappa shape index (κ1) is 26.5. The predicted molar refractivity (Wildman–Crippen MR) is 128 cm³/mol. The fourth-order valence-electron chi connectivity index (χ4n) is 3.98. The van der Waals surface area contributed by atoms with Crippen LogP contribution in [0.1, 0.15) is 62.1 Å². The Kier molecular flexibility index (Phi) is 7.08. The van der Waals surface area contributed by atoms with Crippen molar-refractivity contribution in [2.45, 2.75) is 0 Å². The second-order valence-electron chi connectivity index (χ2n) is 7.42. The molecular formula is C24H15O12P. The first-order valence-electron chi connectivity index (χ1n) is 9.92. The lowest BCUT2D eigenvalue weighted by molar-refractivity contribution is 0.0632. The molecule has 0 aliphatic carbocycles. The van der Waals surface area contributed by atoms with Crippen molar-refractivity contribution in [3.05, 3.63) is 75.8 Å². The van der Waals surface area contributed by atoms with Gasteiger partial charge in [0.1, 0.15) is 0 Å². The van der Waals surface area contributed by atoms with E-state index in [1.807, 2.05) is 0 Å². The van der Waals surface area contributed by atoms with Crippen LogP contribution in [-0.2, 0) is 0 Å². The van der Waals surface area contributed by atoms with Crippen LogP contribution in [0, 0.1) is 0 Å². The summed E-state index contributed by atoms with van der Waals surface area (Å²) in [6.07, 6.45) is 0. The summed E-state index contributed by atoms with van der Waals surface area (Å²) in [4.78, 5) is 71.3. The molecule has 1 unspecified atom stereocenters. The number of carbonyl (C=O) groups is 6. The molecule has 3 aromatic carbocycles. The maximum Gasteiger partial charge on any atom is 0.337 e. The van der Waals surface area contributed by atoms with Crippen molar-refractivity contribution in [2.75, 3.05) is 0 Å². The Morgan fingerprint density at radius 1 is 0.459 bits per heavy atom. The molecule has 0 saturated carbocycles. The lowest BCUT2D eigenvalue weighted by Gasteiger charge is -2.19. The molecule has 13 heteroatoms. The van der Waals surface area contributed by atoms with Crippen molar-refractivity contribution in [3.63, 3.8) is 0 Å². The summed E-state index contributed by atoms with van der Waals surface area (Å²) in [7, 11) is 2.25. The molecule has 0 saturated heterocycles. The van der Waals surface area contributed by atoms with Crippen LogP contribution in [0.15, 0.2) is 42.5 Å². The van der Waals surface area contributed by atoms with Crippen LogP contribution in [0.5, 0.6) is 0 Å². The SMILES string of the molecule is O=C(O)c1ccc(-c2cccc(P)c2-c2ccc(C(=O)O)c(C(=O)O)c2C(=O)O)c(C(=O)O)c1C(=O)O. The Morgan fingerprint density at radius 3 is 1.27 bits per heavy atom. The largest absolute Gasteiger partial charge is 0.478 e. The molecule has 6 N–H and O–H groups in total. The van der Waals surface area contributed by atoms with Gasteiger partial charge >= 0.3 is 35.8 Å². The molecule has 1 atom stereocenters. The molecule has 0 fully saturated rings. The van der Waals surface area contributed by atoms with Gasteiger partial charge in [0.2, 0.25) is 0 Å². The Hall–Kier alpha value is -5.09. The first-order valence-corrected chi connectivity index (χ1v) is 10.5. The maximum absolute atomic E-state index is 12.2. The average Bonchev–Trinajstić information content (AvgIpc) is 2.81. The maximum atomic E-state index is 12.2. The van der Waals surface area contributed by atoms with E-state index in [2.05, 4.69) is 9.24 Å². The zero-order valence-electron chi connectivity index (χ0n) is 18.3. The lowest BCUT2D eigenvalue weighted by Crippen LogP contribution is -2.18. The molecule has 37 heavy (non-hydrogen) atoms. The molecule has 0 aliphatic rings. The average molecular weight is 526 g/mol. The van der Waals surface area contributed by atoms with Crippen LogP contribution >= 0.6 is 9.24 Å². The Balaban J connectivity index is 2.57. The first-order chi connectivity index (χ1) is 17.3. The van der Waals surface area contributed by atoms with Crippen LogP contribution in [0.25, 0.3) is 22.3 Å². The van der Waals surface area contributed by atoms with E-state index >= 15 is 0 Å². The van der Waals surface area contributed by atoms with Gasteiger partial charge in [0.25, 0.3) is 0 Å². The minimum atomic E-state index is -1.84. The minimum Gasteiger partial charge on any atom is -0.478 e. The molecule has 0 bridgehead atoms. The number of carboxylic acids is 6. The summed E-state index contributed by atoms with van der Waals surface area (Å²) >= 11 is 0. The molecular weight excluding hydrogens is 511 g/mol. The molecule has 0 radical (unpaired) electrons. The van der Waals surface area contributed by atoms with E-state index in [4.69, 9.17) is 0 Å². The second kappa shape index (κ2) is 9.88. The third-order valence-electron chi connectivity index (χ3n) is 5.38. The second-order valence-corrected chi connectivity index (χ2v) is 8.04. The quantitative estimate of drug-likeness (QED) is 0.233. The normalized spacial score (nSPS) is 10.5. The minimum absolute atomic E-state index is 0.0637. The van der Waals surface area contributed by atoms with Gasteiger partial charge in [-0.25, -0.2) is 28.8 Å². The Labute approximate surface area is 208 Å². The third kappa shape index (κ3) is 4.60. The lowest BCUT2D eigenvalue weighted by atomic mass is 9.85. The summed E-state index contributed by atoms with van der Waals surface area (Å²) in [6, 6.07) is 7.99. The van der Waals surface area contributed by atoms with Crippen molar-refractivity contribution in [1.82, 2.24) is 0 Å². The molecule has 3 aromatic rings. The van der Waals surface area contributed by atoms with Crippen molar-refractivity contribution in [1.29, 1.82) is 0 Å². The standard InChI is InChI=1S/C24H15O12P/c25-19(26)11-6-4-9(15(21(29)30)17(11)23(33)34)8-2-1-3-13(37)14(8)10-5-7-12(20(27)28)18(24(35)36)16(10)22(31)32/h1-7H,37H2,(H,25,26)(H,27,28)(H,29,30)(H,31,32)(H,33,34)(H,35,36). The van der Waals surface area contributed by atoms with Gasteiger partial charge in [-0.05, 0) is 39.7 Å². The van der Waals surface area contributed by atoms with Gasteiger partial charge in [-0.15, -0.1) is 9.24 Å². The highest BCUT2D eigenvalue weighted by Gasteiger charge is 2.32. The summed E-state index contributed by atoms with van der Waals surface area (Å²) in [5.41, 5.74) is -6.20. The molecule has 0 amide bonds. The smallest absolute Gasteiger partial charge is 0.337 e. The van der Waals surface area contributed by atoms with Crippen molar-refractivity contribution in [2.24, 2.45) is 0 Å². The molecule has 0 spiro atoms. The van der Waals surface area contributed by atoms with Gasteiger partial charge < -0.3 is 30.6 Å². The van der Waals surface area contributed by atoms with E-state index in [9.17, 15) is 59.4 Å². The number of aromatic carboxylic acids is 6. The van der Waals surface area contributed by atoms with Crippen LogP contribution in [0.3, 0.4) is 0 Å². The third-order valence-corrected chi connectivity index (χ3v) is 5.86. The Morgan fingerprint density at radius 2 is 0.865 bits per heavy atom. The van der Waals surface area contributed by atoms with Crippen molar-refractivity contribution < 1.29 is 59.4 Å². The van der Waals surface area contributed by atoms with Crippen LogP contribution in [0.4, 0.5) is 0 Å². The van der Waals surface area contributed by atoms with E-state index < -0.39 is 69.2 Å². The topological polar surface area (TPSA) is 224 Å². The highest BCUT2D eigenvalue weighted by molar-refractivity contribution is 7.28. The zero-order valence-corrected chi connectivity index (χ0v) is 19.4. The number of rotatable bonds is 8. The predicted octanol–water partition coefficient (Wildman–Crippen LogP) is 2.71. The molecule has 12 nitrogen and oxygen atoms in total. The van der Waals surface area contributed by atoms with Gasteiger partial charge in [-0.2, -0.15) is 0 Å². The number of benzene rings is 3. The molecule has 188 valence electrons. The number of carboxylic acid groups (broad SMARTS) is 6. The van der Waals surface area contributed by atoms with E-state index in [0.717, 1.165) is 24.3 Å². The van der Waals surface area contributed by atoms with E-state index in [0.29, 0.717) is 0 Å². The highest BCUT2D eigenvalue weighted by atomic mass is 31.0. The van der Waals surface area contributed by atoms with Gasteiger partial charge in [-0.3, -0.25) is 0 Å². The molecule has 0 heterocycles. The van der Waals surface area contributed by atoms with Crippen molar-refractivity contribution in [3.8, 4) is 22.3 Å². The van der Waals surface area contributed by atoms with Gasteiger partial charge in [0.05, 0.1) is 33.4 Å². The van der Waals surface area contributed by atoms with Crippen LogP contribution in [0.2, 0.25) is 0 Å². The zero-order chi connectivity index (χ0) is 27.8. The fourth-order valence-corrected chi connectivity index (χ4v) is 4.40. The van der Waals surface area contributed by atoms with E-state index in [-0.39, 0.29) is 27.6 Å². The highest BCUT2D eigenvalue weighted by Crippen LogP contribution is 2.39. The number of hydrogen-bond acceptors (Lipinski definition) is 6. The summed E-state index contributed by atoms with van der Waals surface area (Å²) in [5, 5.41) is 58.0. The summed E-state index contributed by atoms with van der Waals surface area (Å²) < 4.78 is 0. The summed E-state index contributed by atoms with van der Waals surface area (Å²) in [5.74, 6) is -10.7. The Bertz CT molecular complexity index is 1550. The monoisotopic (exact) mass is 526 g/mol. The molecule has 0 aromatic heterocycles. The van der Waals surface area contributed by atoms with Gasteiger partial charge in [0, 0.05) is 0 Å². The molecule has 0 aliphatic heterocycles. The van der Waals surface area contributed by atoms with Crippen molar-refractivity contribution >= 4 is 50.4 Å². The fraction of sp³-hybridized carbons (Fsp3) is 0. The van der Waals surface area contributed by atoms with E-state index in [1.165, 1.54) is 18.2 Å². The summed E-state index contributed by atoms with van der Waals surface area (Å²) in [6.45, 7) is 0. The number of hydrogen-bond donors (Lipinski definition) is 6. The van der Waals surface area contributed by atoms with Crippen LogP contribution in [-0.4, -0.2) is 66.5 Å². The van der Waals surface area contributed by atoms with Gasteiger partial charge in [-0.1, -0.05) is 30.3 Å². The van der Waals surface area contributed by atoms with E-state index in [1.54, 1.807) is 0 Å². The van der Waals surface area contributed by atoms with Crippen LogP contribution < -0.4 is 5.30 Å². The molecule has 3 rings (SSSR count). The van der Waals surface area contributed by atoms with Gasteiger partial charge in [0.15, 0.2) is 0 Å².